The van der Waals surface area contributed by atoms with E-state index in [9.17, 15) is 9.18 Å². The Balaban J connectivity index is 1.75. The minimum absolute atomic E-state index is 0.0325. The highest BCUT2D eigenvalue weighted by Gasteiger charge is 2.68. The summed E-state index contributed by atoms with van der Waals surface area (Å²) in [6.45, 7) is 7.02. The van der Waals surface area contributed by atoms with Gasteiger partial charge in [-0.3, -0.25) is 4.79 Å². The van der Waals surface area contributed by atoms with Gasteiger partial charge in [-0.15, -0.1) is 0 Å². The number of rotatable bonds is 4. The summed E-state index contributed by atoms with van der Waals surface area (Å²) in [5.41, 5.74) is 0.549. The summed E-state index contributed by atoms with van der Waals surface area (Å²) in [7, 11) is 1.57. The maximum atomic E-state index is 14.8. The van der Waals surface area contributed by atoms with Crippen molar-refractivity contribution >= 4 is 5.91 Å². The summed E-state index contributed by atoms with van der Waals surface area (Å²) in [6.07, 6.45) is 3.17. The van der Waals surface area contributed by atoms with Gasteiger partial charge in [-0.25, -0.2) is 4.39 Å². The minimum Gasteiger partial charge on any atom is -0.496 e. The molecule has 27 heavy (non-hydrogen) atoms. The van der Waals surface area contributed by atoms with Crippen LogP contribution in [0.15, 0.2) is 18.2 Å². The fourth-order valence-corrected chi connectivity index (χ4v) is 6.31. The van der Waals surface area contributed by atoms with Crippen molar-refractivity contribution in [2.75, 3.05) is 13.7 Å². The van der Waals surface area contributed by atoms with Crippen LogP contribution in [-0.4, -0.2) is 25.7 Å². The molecule has 0 aromatic heterocycles. The monoisotopic (exact) mass is 375 g/mol. The summed E-state index contributed by atoms with van der Waals surface area (Å²) in [5.74, 6) is 1.07. The predicted molar refractivity (Wildman–Crippen MR) is 101 cm³/mol. The predicted octanol–water partition coefficient (Wildman–Crippen LogP) is 4.24. The third-order valence-electron chi connectivity index (χ3n) is 7.65. The van der Waals surface area contributed by atoms with Crippen molar-refractivity contribution in [2.24, 2.45) is 22.7 Å². The van der Waals surface area contributed by atoms with Gasteiger partial charge in [0.05, 0.1) is 18.8 Å². The van der Waals surface area contributed by atoms with Crippen molar-refractivity contribution in [3.63, 3.8) is 0 Å². The van der Waals surface area contributed by atoms with E-state index in [4.69, 9.17) is 9.47 Å². The van der Waals surface area contributed by atoms with E-state index in [0.717, 1.165) is 19.3 Å². The molecule has 1 unspecified atom stereocenters. The first-order chi connectivity index (χ1) is 12.8. The number of carbonyl (C=O) groups excluding carboxylic acids is 1. The van der Waals surface area contributed by atoms with E-state index < -0.39 is 0 Å². The van der Waals surface area contributed by atoms with Crippen LogP contribution in [0.4, 0.5) is 4.39 Å². The second-order valence-corrected chi connectivity index (χ2v) is 9.05. The summed E-state index contributed by atoms with van der Waals surface area (Å²) in [5, 5.41) is 3.34. The lowest BCUT2D eigenvalue weighted by atomic mass is 9.58. The van der Waals surface area contributed by atoms with Crippen LogP contribution < -0.4 is 10.1 Å². The van der Waals surface area contributed by atoms with Crippen LogP contribution in [0.25, 0.3) is 0 Å². The quantitative estimate of drug-likeness (QED) is 0.856. The van der Waals surface area contributed by atoms with Gasteiger partial charge < -0.3 is 14.8 Å². The van der Waals surface area contributed by atoms with Crippen LogP contribution in [0.5, 0.6) is 5.75 Å². The summed E-state index contributed by atoms with van der Waals surface area (Å²) >= 11 is 0. The summed E-state index contributed by atoms with van der Waals surface area (Å²) in [6, 6.07) is 5.06. The maximum absolute atomic E-state index is 14.8. The van der Waals surface area contributed by atoms with Crippen LogP contribution in [0, 0.1) is 28.5 Å². The number of amides is 1. The number of methoxy groups -OCH3 is 1. The fraction of sp³-hybridized carbons (Fsp3) is 0.682. The van der Waals surface area contributed by atoms with Gasteiger partial charge in [-0.2, -0.15) is 0 Å². The van der Waals surface area contributed by atoms with E-state index in [1.807, 2.05) is 6.92 Å². The Labute approximate surface area is 160 Å². The Hall–Kier alpha value is -1.62. The standard InChI is InChI=1S/C22H30FNO3/c1-5-17(25)24-20-21(2,3)13-11-14-19(27-10-9-22(14,20)12-13)18-15(23)7-6-8-16(18)26-4/h6-8,13-14,19-20H,5,9-12H2,1-4H3,(H,24,25)/t13-,14-,19+,20+,22?/m1/s1. The average molecular weight is 375 g/mol. The fourth-order valence-electron chi connectivity index (χ4n) is 6.31. The largest absolute Gasteiger partial charge is 0.496 e. The Bertz CT molecular complexity index is 749. The number of hydrogen-bond donors (Lipinski definition) is 1. The number of nitrogens with one attached hydrogen (secondary N) is 1. The molecular formula is C22H30FNO3. The Morgan fingerprint density at radius 3 is 2.89 bits per heavy atom. The van der Waals surface area contributed by atoms with Gasteiger partial charge >= 0.3 is 0 Å². The highest BCUT2D eigenvalue weighted by molar-refractivity contribution is 5.76. The third-order valence-corrected chi connectivity index (χ3v) is 7.65. The van der Waals surface area contributed by atoms with Gasteiger partial charge in [-0.05, 0) is 54.1 Å². The van der Waals surface area contributed by atoms with Crippen molar-refractivity contribution < 1.29 is 18.7 Å². The Morgan fingerprint density at radius 1 is 1.41 bits per heavy atom. The number of carbonyl (C=O) groups is 1. The van der Waals surface area contributed by atoms with Crippen molar-refractivity contribution in [3.8, 4) is 5.75 Å². The lowest BCUT2D eigenvalue weighted by molar-refractivity contribution is -0.137. The highest BCUT2D eigenvalue weighted by Crippen LogP contribution is 2.70. The zero-order chi connectivity index (χ0) is 19.4. The van der Waals surface area contributed by atoms with Crippen molar-refractivity contribution in [1.82, 2.24) is 5.32 Å². The molecule has 5 atom stereocenters. The number of halogens is 1. The van der Waals surface area contributed by atoms with Crippen LogP contribution in [0.2, 0.25) is 0 Å². The lowest BCUT2D eigenvalue weighted by Crippen LogP contribution is -2.58. The molecule has 1 aromatic carbocycles. The molecule has 1 aromatic rings. The molecule has 3 aliphatic rings. The molecule has 1 heterocycles. The molecular weight excluding hydrogens is 345 g/mol. The smallest absolute Gasteiger partial charge is 0.219 e. The van der Waals surface area contributed by atoms with Crippen LogP contribution in [0.3, 0.4) is 0 Å². The zero-order valence-corrected chi connectivity index (χ0v) is 16.7. The summed E-state index contributed by atoms with van der Waals surface area (Å²) < 4.78 is 26.4. The van der Waals surface area contributed by atoms with E-state index in [-0.39, 0.29) is 40.6 Å². The van der Waals surface area contributed by atoms with Gasteiger partial charge in [0.15, 0.2) is 0 Å². The Kier molecular flexibility index (Phi) is 4.49. The second kappa shape index (κ2) is 6.47. The van der Waals surface area contributed by atoms with Gasteiger partial charge in [0, 0.05) is 19.1 Å². The molecule has 1 saturated heterocycles. The minimum atomic E-state index is -0.322. The first kappa shape index (κ1) is 18.7. The Morgan fingerprint density at radius 2 is 2.19 bits per heavy atom. The molecule has 2 bridgehead atoms. The molecule has 2 saturated carbocycles. The maximum Gasteiger partial charge on any atom is 0.219 e. The molecule has 148 valence electrons. The van der Waals surface area contributed by atoms with Crippen molar-refractivity contribution in [2.45, 2.75) is 58.6 Å². The van der Waals surface area contributed by atoms with E-state index in [1.54, 1.807) is 19.2 Å². The summed E-state index contributed by atoms with van der Waals surface area (Å²) in [4.78, 5) is 12.3. The van der Waals surface area contributed by atoms with Crippen LogP contribution in [0.1, 0.15) is 58.1 Å². The lowest BCUT2D eigenvalue weighted by Gasteiger charge is -2.53. The highest BCUT2D eigenvalue weighted by atomic mass is 19.1. The van der Waals surface area contributed by atoms with Gasteiger partial charge in [0.25, 0.3) is 0 Å². The van der Waals surface area contributed by atoms with E-state index in [2.05, 4.69) is 19.2 Å². The molecule has 1 aliphatic heterocycles. The van der Waals surface area contributed by atoms with Crippen molar-refractivity contribution in [1.29, 1.82) is 0 Å². The molecule has 1 N–H and O–H groups in total. The molecule has 0 radical (unpaired) electrons. The SMILES string of the molecule is CCC(=O)N[C@H]1C(C)(C)[C@@H]2C[C@@H]3[C@@H](c4c(F)cccc4OC)OCCC31C2. The van der Waals surface area contributed by atoms with Crippen LogP contribution >= 0.6 is 0 Å². The first-order valence-electron chi connectivity index (χ1n) is 10.1. The topological polar surface area (TPSA) is 47.6 Å². The van der Waals surface area contributed by atoms with Crippen molar-refractivity contribution in [3.05, 3.63) is 29.6 Å². The number of ether oxygens (including phenoxy) is 2. The molecule has 1 amide bonds. The van der Waals surface area contributed by atoms with E-state index >= 15 is 0 Å². The molecule has 4 rings (SSSR count). The van der Waals surface area contributed by atoms with Gasteiger partial charge in [-0.1, -0.05) is 26.8 Å². The second-order valence-electron chi connectivity index (χ2n) is 9.05. The average Bonchev–Trinajstić information content (AvgIpc) is 3.14. The van der Waals surface area contributed by atoms with Gasteiger partial charge in [0.2, 0.25) is 5.91 Å². The molecule has 4 nitrogen and oxygen atoms in total. The van der Waals surface area contributed by atoms with E-state index in [1.165, 1.54) is 6.07 Å². The van der Waals surface area contributed by atoms with E-state index in [0.29, 0.717) is 30.3 Å². The number of benzene rings is 1. The third kappa shape index (κ3) is 2.61. The molecule has 2 aliphatic carbocycles. The molecule has 3 fully saturated rings. The zero-order valence-electron chi connectivity index (χ0n) is 16.7. The number of hydrogen-bond acceptors (Lipinski definition) is 3. The number of fused-ring (bicyclic) bond motifs is 1. The molecule has 5 heteroatoms. The normalized spacial score (nSPS) is 36.3. The van der Waals surface area contributed by atoms with Gasteiger partial charge in [0.1, 0.15) is 11.6 Å². The first-order valence-corrected chi connectivity index (χ1v) is 10.1. The molecule has 1 spiro atoms. The van der Waals surface area contributed by atoms with Crippen LogP contribution in [-0.2, 0) is 9.53 Å².